The molecule has 0 amide bonds. The quantitative estimate of drug-likeness (QED) is 0.858. The zero-order chi connectivity index (χ0) is 10.7. The summed E-state index contributed by atoms with van der Waals surface area (Å²) in [5.41, 5.74) is 1.25. The Hall–Kier alpha value is -0.580. The second-order valence-corrected chi connectivity index (χ2v) is 4.45. The maximum absolute atomic E-state index is 5.23. The van der Waals surface area contributed by atoms with Gasteiger partial charge in [0.05, 0.1) is 7.11 Å². The highest BCUT2D eigenvalue weighted by Crippen LogP contribution is 2.27. The molecular formula is C11H15BrN2O. The number of methoxy groups -OCH3 is 1. The standard InChI is InChI=1S/C11H15BrN2O/c1-15-8-2-3-10(12)9(6-8)11-7-13-4-5-14-11/h2-3,6,11,13-14H,4-5,7H2,1H3/t11-/m1/s1. The lowest BCUT2D eigenvalue weighted by Gasteiger charge is -2.26. The van der Waals surface area contributed by atoms with Crippen LogP contribution in [-0.2, 0) is 0 Å². The van der Waals surface area contributed by atoms with E-state index in [-0.39, 0.29) is 0 Å². The molecule has 2 rings (SSSR count). The van der Waals surface area contributed by atoms with Crippen molar-refractivity contribution in [2.45, 2.75) is 6.04 Å². The molecule has 1 heterocycles. The summed E-state index contributed by atoms with van der Waals surface area (Å²) in [6.45, 7) is 3.01. The number of nitrogens with one attached hydrogen (secondary N) is 2. The van der Waals surface area contributed by atoms with E-state index in [9.17, 15) is 0 Å². The molecule has 0 aliphatic carbocycles. The Kier molecular flexibility index (Phi) is 3.61. The summed E-state index contributed by atoms with van der Waals surface area (Å²) in [4.78, 5) is 0. The summed E-state index contributed by atoms with van der Waals surface area (Å²) >= 11 is 3.57. The van der Waals surface area contributed by atoms with Gasteiger partial charge < -0.3 is 15.4 Å². The van der Waals surface area contributed by atoms with Crippen LogP contribution in [0.3, 0.4) is 0 Å². The third-order valence-corrected chi connectivity index (χ3v) is 3.34. The molecular weight excluding hydrogens is 256 g/mol. The molecule has 0 bridgehead atoms. The lowest BCUT2D eigenvalue weighted by molar-refractivity contribution is 0.406. The number of halogens is 1. The SMILES string of the molecule is COc1ccc(Br)c([C@H]2CNCCN2)c1. The minimum Gasteiger partial charge on any atom is -0.497 e. The molecule has 0 radical (unpaired) electrons. The molecule has 0 unspecified atom stereocenters. The number of ether oxygens (including phenoxy) is 1. The lowest BCUT2D eigenvalue weighted by Crippen LogP contribution is -2.42. The maximum Gasteiger partial charge on any atom is 0.119 e. The van der Waals surface area contributed by atoms with Crippen molar-refractivity contribution in [2.24, 2.45) is 0 Å². The molecule has 15 heavy (non-hydrogen) atoms. The highest BCUT2D eigenvalue weighted by molar-refractivity contribution is 9.10. The van der Waals surface area contributed by atoms with Gasteiger partial charge in [-0.15, -0.1) is 0 Å². The molecule has 1 aromatic rings. The van der Waals surface area contributed by atoms with Crippen molar-refractivity contribution in [3.63, 3.8) is 0 Å². The number of rotatable bonds is 2. The Labute approximate surface area is 98.3 Å². The van der Waals surface area contributed by atoms with Gasteiger partial charge in [-0.1, -0.05) is 15.9 Å². The van der Waals surface area contributed by atoms with E-state index in [0.717, 1.165) is 29.9 Å². The van der Waals surface area contributed by atoms with Gasteiger partial charge in [0.15, 0.2) is 0 Å². The molecule has 0 aromatic heterocycles. The van der Waals surface area contributed by atoms with Crippen LogP contribution in [0.5, 0.6) is 5.75 Å². The van der Waals surface area contributed by atoms with Crippen molar-refractivity contribution in [1.82, 2.24) is 10.6 Å². The van der Waals surface area contributed by atoms with Crippen LogP contribution < -0.4 is 15.4 Å². The predicted octanol–water partition coefficient (Wildman–Crippen LogP) is 1.69. The van der Waals surface area contributed by atoms with Crippen LogP contribution in [0, 0.1) is 0 Å². The number of hydrogen-bond acceptors (Lipinski definition) is 3. The van der Waals surface area contributed by atoms with Gasteiger partial charge in [-0.05, 0) is 23.8 Å². The fourth-order valence-corrected chi connectivity index (χ4v) is 2.31. The zero-order valence-corrected chi connectivity index (χ0v) is 10.3. The van der Waals surface area contributed by atoms with Crippen LogP contribution in [0.4, 0.5) is 0 Å². The third kappa shape index (κ3) is 2.51. The molecule has 0 spiro atoms. The van der Waals surface area contributed by atoms with Gasteiger partial charge in [0, 0.05) is 30.1 Å². The van der Waals surface area contributed by atoms with E-state index in [1.54, 1.807) is 7.11 Å². The fraction of sp³-hybridized carbons (Fsp3) is 0.455. The van der Waals surface area contributed by atoms with E-state index >= 15 is 0 Å². The predicted molar refractivity (Wildman–Crippen MR) is 64.3 cm³/mol. The van der Waals surface area contributed by atoms with E-state index in [1.165, 1.54) is 5.56 Å². The average Bonchev–Trinajstić information content (AvgIpc) is 2.31. The van der Waals surface area contributed by atoms with Gasteiger partial charge in [-0.3, -0.25) is 0 Å². The first kappa shape index (κ1) is 10.9. The summed E-state index contributed by atoms with van der Waals surface area (Å²) in [5.74, 6) is 0.903. The second-order valence-electron chi connectivity index (χ2n) is 3.60. The van der Waals surface area contributed by atoms with Crippen molar-refractivity contribution in [1.29, 1.82) is 0 Å². The number of hydrogen-bond donors (Lipinski definition) is 2. The van der Waals surface area contributed by atoms with Crippen LogP contribution in [-0.4, -0.2) is 26.7 Å². The molecule has 1 aliphatic rings. The Morgan fingerprint density at radius 3 is 2.93 bits per heavy atom. The monoisotopic (exact) mass is 270 g/mol. The van der Waals surface area contributed by atoms with E-state index in [2.05, 4.69) is 32.6 Å². The highest BCUT2D eigenvalue weighted by Gasteiger charge is 2.17. The van der Waals surface area contributed by atoms with Crippen LogP contribution in [0.1, 0.15) is 11.6 Å². The molecule has 0 saturated carbocycles. The molecule has 3 nitrogen and oxygen atoms in total. The van der Waals surface area contributed by atoms with E-state index in [1.807, 2.05) is 12.1 Å². The highest BCUT2D eigenvalue weighted by atomic mass is 79.9. The van der Waals surface area contributed by atoms with Gasteiger partial charge in [0.1, 0.15) is 5.75 Å². The Morgan fingerprint density at radius 1 is 1.40 bits per heavy atom. The normalized spacial score (nSPS) is 21.3. The summed E-state index contributed by atoms with van der Waals surface area (Å²) in [5, 5.41) is 6.85. The largest absolute Gasteiger partial charge is 0.497 e. The summed E-state index contributed by atoms with van der Waals surface area (Å²) in [7, 11) is 1.69. The maximum atomic E-state index is 5.23. The van der Waals surface area contributed by atoms with Crippen LogP contribution in [0.15, 0.2) is 22.7 Å². The Balaban J connectivity index is 2.24. The third-order valence-electron chi connectivity index (χ3n) is 2.62. The van der Waals surface area contributed by atoms with Crippen molar-refractivity contribution in [2.75, 3.05) is 26.7 Å². The Morgan fingerprint density at radius 2 is 2.27 bits per heavy atom. The topological polar surface area (TPSA) is 33.3 Å². The lowest BCUT2D eigenvalue weighted by atomic mass is 10.1. The van der Waals surface area contributed by atoms with Gasteiger partial charge >= 0.3 is 0 Å². The van der Waals surface area contributed by atoms with Crippen LogP contribution in [0.25, 0.3) is 0 Å². The van der Waals surface area contributed by atoms with Crippen LogP contribution in [0.2, 0.25) is 0 Å². The van der Waals surface area contributed by atoms with Gasteiger partial charge in [0.2, 0.25) is 0 Å². The minimum atomic E-state index is 0.364. The molecule has 1 aliphatic heterocycles. The minimum absolute atomic E-state index is 0.364. The zero-order valence-electron chi connectivity index (χ0n) is 8.72. The van der Waals surface area contributed by atoms with Gasteiger partial charge in [-0.25, -0.2) is 0 Å². The van der Waals surface area contributed by atoms with Crippen molar-refractivity contribution < 1.29 is 4.74 Å². The first-order chi connectivity index (χ1) is 7.31. The second kappa shape index (κ2) is 4.96. The molecule has 1 fully saturated rings. The summed E-state index contributed by atoms with van der Waals surface area (Å²) < 4.78 is 6.36. The molecule has 1 aromatic carbocycles. The summed E-state index contributed by atoms with van der Waals surface area (Å²) in [6.07, 6.45) is 0. The van der Waals surface area contributed by atoms with E-state index in [0.29, 0.717) is 6.04 Å². The number of benzene rings is 1. The molecule has 82 valence electrons. The van der Waals surface area contributed by atoms with Gasteiger partial charge in [-0.2, -0.15) is 0 Å². The Bertz CT molecular complexity index is 337. The van der Waals surface area contributed by atoms with Crippen molar-refractivity contribution in [3.8, 4) is 5.75 Å². The first-order valence-electron chi connectivity index (χ1n) is 5.09. The summed E-state index contributed by atoms with van der Waals surface area (Å²) in [6, 6.07) is 6.44. The van der Waals surface area contributed by atoms with E-state index in [4.69, 9.17) is 4.74 Å². The molecule has 2 N–H and O–H groups in total. The smallest absolute Gasteiger partial charge is 0.119 e. The van der Waals surface area contributed by atoms with Gasteiger partial charge in [0.25, 0.3) is 0 Å². The molecule has 4 heteroatoms. The molecule has 1 atom stereocenters. The molecule has 1 saturated heterocycles. The first-order valence-corrected chi connectivity index (χ1v) is 5.88. The number of piperazine rings is 1. The van der Waals surface area contributed by atoms with Crippen molar-refractivity contribution >= 4 is 15.9 Å². The van der Waals surface area contributed by atoms with E-state index < -0.39 is 0 Å². The van der Waals surface area contributed by atoms with Crippen molar-refractivity contribution in [3.05, 3.63) is 28.2 Å². The fourth-order valence-electron chi connectivity index (χ4n) is 1.79. The average molecular weight is 271 g/mol. The van der Waals surface area contributed by atoms with Crippen LogP contribution >= 0.6 is 15.9 Å².